The largest absolute Gasteiger partial charge is 0.486 e. The molecule has 1 atom stereocenters. The Balaban J connectivity index is 1.79. The molecule has 1 unspecified atom stereocenters. The summed E-state index contributed by atoms with van der Waals surface area (Å²) in [5, 5.41) is 6.03. The summed E-state index contributed by atoms with van der Waals surface area (Å²) in [4.78, 5) is 11.8. The van der Waals surface area contributed by atoms with Crippen LogP contribution in [0.15, 0.2) is 18.2 Å². The third-order valence-corrected chi connectivity index (χ3v) is 3.17. The summed E-state index contributed by atoms with van der Waals surface area (Å²) in [5.41, 5.74) is 1.82. The van der Waals surface area contributed by atoms with Gasteiger partial charge in [0, 0.05) is 17.3 Å². The zero-order valence-corrected chi connectivity index (χ0v) is 10.2. The minimum absolute atomic E-state index is 0.00372. The fourth-order valence-corrected chi connectivity index (χ4v) is 2.20. The molecular weight excluding hydrogens is 232 g/mol. The number of hydrogen-bond donors (Lipinski definition) is 2. The van der Waals surface area contributed by atoms with E-state index < -0.39 is 0 Å². The summed E-state index contributed by atoms with van der Waals surface area (Å²) in [7, 11) is 0. The Kier molecular flexibility index (Phi) is 2.93. The molecule has 0 aromatic heterocycles. The number of benzene rings is 1. The first-order valence-electron chi connectivity index (χ1n) is 6.20. The summed E-state index contributed by atoms with van der Waals surface area (Å²) in [5.74, 6) is 0.774. The topological polar surface area (TPSA) is 59.6 Å². The molecule has 0 bridgehead atoms. The molecule has 96 valence electrons. The molecular formula is C13H16N2O3. The number of fused-ring (bicyclic) bond motifs is 1. The van der Waals surface area contributed by atoms with Crippen molar-refractivity contribution in [1.82, 2.24) is 5.32 Å². The first-order chi connectivity index (χ1) is 8.78. The predicted molar refractivity (Wildman–Crippen MR) is 66.7 cm³/mol. The van der Waals surface area contributed by atoms with Crippen molar-refractivity contribution in [2.75, 3.05) is 25.1 Å². The van der Waals surface area contributed by atoms with Crippen LogP contribution in [0.2, 0.25) is 0 Å². The number of hydrogen-bond acceptors (Lipinski definition) is 4. The first-order valence-corrected chi connectivity index (χ1v) is 6.20. The lowest BCUT2D eigenvalue weighted by Crippen LogP contribution is -2.38. The van der Waals surface area contributed by atoms with Crippen molar-refractivity contribution >= 4 is 11.6 Å². The first kappa shape index (κ1) is 11.5. The van der Waals surface area contributed by atoms with Gasteiger partial charge in [0.15, 0.2) is 0 Å². The van der Waals surface area contributed by atoms with Crippen LogP contribution in [0.5, 0.6) is 5.75 Å². The highest BCUT2D eigenvalue weighted by Gasteiger charge is 2.30. The Labute approximate surface area is 105 Å². The van der Waals surface area contributed by atoms with Crippen molar-refractivity contribution in [2.24, 2.45) is 0 Å². The van der Waals surface area contributed by atoms with E-state index in [2.05, 4.69) is 10.6 Å². The van der Waals surface area contributed by atoms with Crippen LogP contribution < -0.4 is 15.4 Å². The third-order valence-electron chi connectivity index (χ3n) is 3.17. The molecule has 0 aliphatic carbocycles. The molecule has 0 spiro atoms. The minimum Gasteiger partial charge on any atom is -0.486 e. The van der Waals surface area contributed by atoms with Gasteiger partial charge in [-0.1, -0.05) is 13.0 Å². The van der Waals surface area contributed by atoms with Crippen molar-refractivity contribution < 1.29 is 14.3 Å². The second kappa shape index (κ2) is 4.59. The minimum atomic E-state index is -0.244. The van der Waals surface area contributed by atoms with E-state index >= 15 is 0 Å². The van der Waals surface area contributed by atoms with Gasteiger partial charge in [-0.25, -0.2) is 0 Å². The molecule has 0 radical (unpaired) electrons. The number of carbonyl (C=O) groups is 1. The molecule has 2 N–H and O–H groups in total. The maximum atomic E-state index is 11.8. The highest BCUT2D eigenvalue weighted by Crippen LogP contribution is 2.34. The van der Waals surface area contributed by atoms with Crippen LogP contribution in [-0.4, -0.2) is 31.8 Å². The summed E-state index contributed by atoms with van der Waals surface area (Å²) >= 11 is 0. The standard InChI is InChI=1S/C13H16N2O3/c1-2-14-12-10-4-3-8(18-9-6-17-7-9)5-11(10)15-13(12)16/h3-5,9,12,14H,2,6-7H2,1H3,(H,15,16). The molecule has 5 nitrogen and oxygen atoms in total. The molecule has 0 saturated carbocycles. The fourth-order valence-electron chi connectivity index (χ4n) is 2.20. The third kappa shape index (κ3) is 1.95. The molecule has 18 heavy (non-hydrogen) atoms. The number of carbonyl (C=O) groups excluding carboxylic acids is 1. The van der Waals surface area contributed by atoms with Crippen molar-refractivity contribution in [3.63, 3.8) is 0 Å². The van der Waals surface area contributed by atoms with Crippen molar-refractivity contribution in [1.29, 1.82) is 0 Å². The van der Waals surface area contributed by atoms with Gasteiger partial charge in [-0.3, -0.25) is 4.79 Å². The van der Waals surface area contributed by atoms with E-state index in [0.717, 1.165) is 23.5 Å². The second-order valence-corrected chi connectivity index (χ2v) is 4.51. The molecule has 1 aromatic rings. The average molecular weight is 248 g/mol. The highest BCUT2D eigenvalue weighted by atomic mass is 16.6. The molecule has 3 rings (SSSR count). The van der Waals surface area contributed by atoms with E-state index in [1.165, 1.54) is 0 Å². The number of nitrogens with one attached hydrogen (secondary N) is 2. The summed E-state index contributed by atoms with van der Waals surface area (Å²) in [6.45, 7) is 4.03. The molecule has 2 aliphatic rings. The second-order valence-electron chi connectivity index (χ2n) is 4.51. The smallest absolute Gasteiger partial charge is 0.246 e. The molecule has 1 saturated heterocycles. The van der Waals surface area contributed by atoms with Crippen LogP contribution in [0.3, 0.4) is 0 Å². The van der Waals surface area contributed by atoms with Gasteiger partial charge in [0.2, 0.25) is 5.91 Å². The van der Waals surface area contributed by atoms with Gasteiger partial charge in [0.25, 0.3) is 0 Å². The number of ether oxygens (including phenoxy) is 2. The van der Waals surface area contributed by atoms with E-state index in [4.69, 9.17) is 9.47 Å². The molecule has 1 fully saturated rings. The van der Waals surface area contributed by atoms with Gasteiger partial charge in [-0.2, -0.15) is 0 Å². The van der Waals surface area contributed by atoms with Crippen molar-refractivity contribution in [2.45, 2.75) is 19.1 Å². The van der Waals surface area contributed by atoms with E-state index in [1.807, 2.05) is 25.1 Å². The van der Waals surface area contributed by atoms with Crippen LogP contribution in [-0.2, 0) is 9.53 Å². The van der Waals surface area contributed by atoms with E-state index in [0.29, 0.717) is 13.2 Å². The zero-order valence-electron chi connectivity index (χ0n) is 10.2. The fraction of sp³-hybridized carbons (Fsp3) is 0.462. The van der Waals surface area contributed by atoms with Gasteiger partial charge >= 0.3 is 0 Å². The number of anilines is 1. The number of likely N-dealkylation sites (N-methyl/N-ethyl adjacent to an activating group) is 1. The van der Waals surface area contributed by atoms with Gasteiger partial charge in [0.05, 0.1) is 13.2 Å². The van der Waals surface area contributed by atoms with E-state index in [-0.39, 0.29) is 18.1 Å². The zero-order chi connectivity index (χ0) is 12.5. The van der Waals surface area contributed by atoms with Crippen LogP contribution in [0.25, 0.3) is 0 Å². The van der Waals surface area contributed by atoms with Crippen molar-refractivity contribution in [3.8, 4) is 5.75 Å². The Morgan fingerprint density at radius 2 is 2.33 bits per heavy atom. The predicted octanol–water partition coefficient (Wildman–Crippen LogP) is 1.07. The van der Waals surface area contributed by atoms with Gasteiger partial charge in [-0.05, 0) is 12.6 Å². The van der Waals surface area contributed by atoms with Crippen LogP contribution >= 0.6 is 0 Å². The highest BCUT2D eigenvalue weighted by molar-refractivity contribution is 6.02. The normalized spacial score (nSPS) is 22.3. The lowest BCUT2D eigenvalue weighted by molar-refractivity contribution is -0.117. The molecule has 2 aliphatic heterocycles. The summed E-state index contributed by atoms with van der Waals surface area (Å²) in [6, 6.07) is 5.48. The average Bonchev–Trinajstić information content (AvgIpc) is 2.61. The molecule has 1 aromatic carbocycles. The Morgan fingerprint density at radius 3 is 3.00 bits per heavy atom. The lowest BCUT2D eigenvalue weighted by Gasteiger charge is -2.26. The monoisotopic (exact) mass is 248 g/mol. The Morgan fingerprint density at radius 1 is 1.50 bits per heavy atom. The molecule has 2 heterocycles. The van der Waals surface area contributed by atoms with Gasteiger partial charge in [-0.15, -0.1) is 0 Å². The van der Waals surface area contributed by atoms with Crippen LogP contribution in [0.1, 0.15) is 18.5 Å². The summed E-state index contributed by atoms with van der Waals surface area (Å²) < 4.78 is 10.8. The van der Waals surface area contributed by atoms with Gasteiger partial charge in [0.1, 0.15) is 17.9 Å². The Hall–Kier alpha value is -1.59. The SMILES string of the molecule is CCNC1C(=O)Nc2cc(OC3COC3)ccc21. The van der Waals surface area contributed by atoms with Gasteiger partial charge < -0.3 is 20.1 Å². The van der Waals surface area contributed by atoms with E-state index in [1.54, 1.807) is 0 Å². The quantitative estimate of drug-likeness (QED) is 0.836. The summed E-state index contributed by atoms with van der Waals surface area (Å²) in [6.07, 6.45) is 0.143. The van der Waals surface area contributed by atoms with E-state index in [9.17, 15) is 4.79 Å². The van der Waals surface area contributed by atoms with Crippen LogP contribution in [0.4, 0.5) is 5.69 Å². The number of amides is 1. The Bertz CT molecular complexity index is 471. The maximum Gasteiger partial charge on any atom is 0.246 e. The lowest BCUT2D eigenvalue weighted by atomic mass is 10.1. The van der Waals surface area contributed by atoms with Crippen molar-refractivity contribution in [3.05, 3.63) is 23.8 Å². The number of rotatable bonds is 4. The maximum absolute atomic E-state index is 11.8. The molecule has 1 amide bonds. The van der Waals surface area contributed by atoms with Crippen LogP contribution in [0, 0.1) is 0 Å². The molecule has 5 heteroatoms.